The molecule has 4 heteroatoms. The van der Waals surface area contributed by atoms with E-state index in [4.69, 9.17) is 5.73 Å². The fourth-order valence-corrected chi connectivity index (χ4v) is 2.20. The summed E-state index contributed by atoms with van der Waals surface area (Å²) < 4.78 is 0. The Balaban J connectivity index is 2.04. The monoisotopic (exact) mass is 297 g/mol. The number of nitrogen functional groups attached to an aromatic ring is 1. The van der Waals surface area contributed by atoms with Gasteiger partial charge in [0.25, 0.3) is 5.91 Å². The zero-order valence-electron chi connectivity index (χ0n) is 13.2. The first-order chi connectivity index (χ1) is 10.6. The summed E-state index contributed by atoms with van der Waals surface area (Å²) in [4.78, 5) is 14.4. The second-order valence-electron chi connectivity index (χ2n) is 5.36. The van der Waals surface area contributed by atoms with Crippen molar-refractivity contribution in [3.8, 4) is 0 Å². The molecule has 0 bridgehead atoms. The van der Waals surface area contributed by atoms with Crippen LogP contribution >= 0.6 is 0 Å². The van der Waals surface area contributed by atoms with Crippen LogP contribution in [0.2, 0.25) is 0 Å². The van der Waals surface area contributed by atoms with E-state index in [0.29, 0.717) is 16.9 Å². The third kappa shape index (κ3) is 4.01. The second-order valence-corrected chi connectivity index (χ2v) is 5.36. The maximum absolute atomic E-state index is 12.2. The number of hydrogen-bond donors (Lipinski definition) is 2. The first-order valence-corrected chi connectivity index (χ1v) is 7.59. The van der Waals surface area contributed by atoms with Gasteiger partial charge in [0, 0.05) is 24.8 Å². The predicted molar refractivity (Wildman–Crippen MR) is 93.4 cm³/mol. The van der Waals surface area contributed by atoms with Crippen LogP contribution in [0, 0.1) is 0 Å². The van der Waals surface area contributed by atoms with Crippen LogP contribution in [0.5, 0.6) is 0 Å². The lowest BCUT2D eigenvalue weighted by Crippen LogP contribution is -2.18. The maximum atomic E-state index is 12.2. The summed E-state index contributed by atoms with van der Waals surface area (Å²) in [6.45, 7) is 3.19. The van der Waals surface area contributed by atoms with Gasteiger partial charge in [-0.3, -0.25) is 4.79 Å². The molecule has 22 heavy (non-hydrogen) atoms. The molecule has 3 N–H and O–H groups in total. The Hall–Kier alpha value is -2.49. The van der Waals surface area contributed by atoms with E-state index in [2.05, 4.69) is 24.2 Å². The second kappa shape index (κ2) is 7.50. The molecule has 0 atom stereocenters. The maximum Gasteiger partial charge on any atom is 0.255 e. The first-order valence-electron chi connectivity index (χ1n) is 7.59. The lowest BCUT2D eigenvalue weighted by atomic mass is 10.1. The number of benzene rings is 2. The molecule has 2 rings (SSSR count). The lowest BCUT2D eigenvalue weighted by molar-refractivity contribution is 0.102. The Morgan fingerprint density at radius 2 is 1.82 bits per heavy atom. The molecule has 116 valence electrons. The number of nitrogens with one attached hydrogen (secondary N) is 1. The van der Waals surface area contributed by atoms with Crippen molar-refractivity contribution in [2.24, 2.45) is 0 Å². The normalized spacial score (nSPS) is 10.3. The summed E-state index contributed by atoms with van der Waals surface area (Å²) in [5, 5.41) is 2.83. The molecule has 1 amide bonds. The molecule has 0 saturated carbocycles. The molecule has 0 unspecified atom stereocenters. The highest BCUT2D eigenvalue weighted by Gasteiger charge is 2.08. The summed E-state index contributed by atoms with van der Waals surface area (Å²) >= 11 is 0. The third-order valence-electron chi connectivity index (χ3n) is 3.63. The Labute approximate surface area is 131 Å². The van der Waals surface area contributed by atoms with Crippen molar-refractivity contribution in [1.82, 2.24) is 0 Å². The quantitative estimate of drug-likeness (QED) is 0.798. The van der Waals surface area contributed by atoms with Crippen molar-refractivity contribution >= 4 is 23.0 Å². The van der Waals surface area contributed by atoms with Crippen LogP contribution in [-0.2, 0) is 0 Å². The molecule has 2 aromatic rings. The van der Waals surface area contributed by atoms with E-state index in [0.717, 1.165) is 18.7 Å². The van der Waals surface area contributed by atoms with Gasteiger partial charge in [0.15, 0.2) is 0 Å². The first kappa shape index (κ1) is 15.9. The molecule has 0 aromatic heterocycles. The number of carbonyl (C=O) groups is 1. The van der Waals surface area contributed by atoms with Crippen molar-refractivity contribution < 1.29 is 4.79 Å². The van der Waals surface area contributed by atoms with Gasteiger partial charge in [0.1, 0.15) is 0 Å². The molecule has 0 aliphatic carbocycles. The minimum atomic E-state index is -0.152. The van der Waals surface area contributed by atoms with E-state index in [1.807, 2.05) is 36.4 Å². The van der Waals surface area contributed by atoms with Gasteiger partial charge >= 0.3 is 0 Å². The van der Waals surface area contributed by atoms with Gasteiger partial charge in [-0.15, -0.1) is 0 Å². The van der Waals surface area contributed by atoms with Gasteiger partial charge in [0.2, 0.25) is 0 Å². The van der Waals surface area contributed by atoms with Gasteiger partial charge in [-0.1, -0.05) is 25.5 Å². The van der Waals surface area contributed by atoms with Crippen LogP contribution in [0.4, 0.5) is 17.1 Å². The molecular formula is C18H23N3O. The number of carbonyl (C=O) groups excluding carboxylic acids is 1. The highest BCUT2D eigenvalue weighted by atomic mass is 16.1. The summed E-state index contributed by atoms with van der Waals surface area (Å²) in [6.07, 6.45) is 2.33. The third-order valence-corrected chi connectivity index (χ3v) is 3.63. The van der Waals surface area contributed by atoms with Crippen LogP contribution in [-0.4, -0.2) is 19.5 Å². The molecule has 0 radical (unpaired) electrons. The highest BCUT2D eigenvalue weighted by molar-refractivity contribution is 6.05. The Morgan fingerprint density at radius 3 is 2.45 bits per heavy atom. The summed E-state index contributed by atoms with van der Waals surface area (Å²) in [5.74, 6) is -0.152. The van der Waals surface area contributed by atoms with E-state index in [1.54, 1.807) is 12.1 Å². The van der Waals surface area contributed by atoms with Crippen LogP contribution in [0.15, 0.2) is 48.5 Å². The van der Waals surface area contributed by atoms with Crippen LogP contribution in [0.1, 0.15) is 30.1 Å². The fraction of sp³-hybridized carbons (Fsp3) is 0.278. The van der Waals surface area contributed by atoms with Crippen molar-refractivity contribution in [3.05, 3.63) is 54.1 Å². The average Bonchev–Trinajstić information content (AvgIpc) is 2.55. The molecular weight excluding hydrogens is 274 g/mol. The van der Waals surface area contributed by atoms with E-state index in [1.165, 1.54) is 6.42 Å². The summed E-state index contributed by atoms with van der Waals surface area (Å²) in [5.41, 5.74) is 8.77. The number of anilines is 3. The molecule has 4 nitrogen and oxygen atoms in total. The summed E-state index contributed by atoms with van der Waals surface area (Å²) in [6, 6.07) is 14.9. The summed E-state index contributed by atoms with van der Waals surface area (Å²) in [7, 11) is 2.06. The number of hydrogen-bond acceptors (Lipinski definition) is 3. The Morgan fingerprint density at radius 1 is 1.14 bits per heavy atom. The number of amides is 1. The molecule has 0 aliphatic heterocycles. The average molecular weight is 297 g/mol. The largest absolute Gasteiger partial charge is 0.397 e. The van der Waals surface area contributed by atoms with E-state index in [-0.39, 0.29) is 5.91 Å². The number of nitrogens with two attached hydrogens (primary N) is 1. The smallest absolute Gasteiger partial charge is 0.255 e. The van der Waals surface area contributed by atoms with Gasteiger partial charge in [-0.05, 0) is 42.8 Å². The minimum absolute atomic E-state index is 0.152. The van der Waals surface area contributed by atoms with Gasteiger partial charge in [-0.2, -0.15) is 0 Å². The van der Waals surface area contributed by atoms with Crippen molar-refractivity contribution in [2.75, 3.05) is 29.5 Å². The van der Waals surface area contributed by atoms with Crippen molar-refractivity contribution in [1.29, 1.82) is 0 Å². The number of para-hydroxylation sites is 2. The van der Waals surface area contributed by atoms with Crippen LogP contribution in [0.25, 0.3) is 0 Å². The minimum Gasteiger partial charge on any atom is -0.397 e. The number of unbranched alkanes of at least 4 members (excludes halogenated alkanes) is 1. The lowest BCUT2D eigenvalue weighted by Gasteiger charge is -2.19. The Bertz CT molecular complexity index is 622. The SMILES string of the molecule is CCCCN(C)c1ccc(C(=O)Nc2ccccc2N)cc1. The van der Waals surface area contributed by atoms with E-state index < -0.39 is 0 Å². The van der Waals surface area contributed by atoms with Crippen molar-refractivity contribution in [3.63, 3.8) is 0 Å². The molecule has 2 aromatic carbocycles. The van der Waals surface area contributed by atoms with Gasteiger partial charge in [0.05, 0.1) is 11.4 Å². The topological polar surface area (TPSA) is 58.4 Å². The molecule has 0 saturated heterocycles. The zero-order chi connectivity index (χ0) is 15.9. The number of rotatable bonds is 6. The van der Waals surface area contributed by atoms with Gasteiger partial charge in [-0.25, -0.2) is 0 Å². The predicted octanol–water partition coefficient (Wildman–Crippen LogP) is 3.76. The van der Waals surface area contributed by atoms with E-state index in [9.17, 15) is 4.79 Å². The van der Waals surface area contributed by atoms with Crippen molar-refractivity contribution in [2.45, 2.75) is 19.8 Å². The van der Waals surface area contributed by atoms with E-state index >= 15 is 0 Å². The zero-order valence-corrected chi connectivity index (χ0v) is 13.2. The van der Waals surface area contributed by atoms with Gasteiger partial charge < -0.3 is 16.0 Å². The number of nitrogens with zero attached hydrogens (tertiary/aromatic N) is 1. The fourth-order valence-electron chi connectivity index (χ4n) is 2.20. The molecule has 0 spiro atoms. The van der Waals surface area contributed by atoms with Crippen LogP contribution < -0.4 is 16.0 Å². The Kier molecular flexibility index (Phi) is 5.42. The molecule has 0 aliphatic rings. The standard InChI is InChI=1S/C18H23N3O/c1-3-4-13-21(2)15-11-9-14(10-12-15)18(22)20-17-8-6-5-7-16(17)19/h5-12H,3-4,13,19H2,1-2H3,(H,20,22). The molecule has 0 heterocycles. The van der Waals surface area contributed by atoms with Crippen LogP contribution in [0.3, 0.4) is 0 Å². The molecule has 0 fully saturated rings. The highest BCUT2D eigenvalue weighted by Crippen LogP contribution is 2.19.